The molecule has 2 N–H and O–H groups in total. The van der Waals surface area contributed by atoms with E-state index in [2.05, 4.69) is 43.0 Å². The summed E-state index contributed by atoms with van der Waals surface area (Å²) in [5.41, 5.74) is 8.86. The van der Waals surface area contributed by atoms with E-state index in [0.29, 0.717) is 6.04 Å². The van der Waals surface area contributed by atoms with Crippen LogP contribution < -0.4 is 5.73 Å². The smallest absolute Gasteiger partial charge is 0.00631 e. The summed E-state index contributed by atoms with van der Waals surface area (Å²) in [6, 6.07) is 9.62. The minimum absolute atomic E-state index is 0.437. The molecule has 2 heteroatoms. The third-order valence-electron chi connectivity index (χ3n) is 4.02. The first-order chi connectivity index (χ1) is 9.13. The maximum atomic E-state index is 5.93. The van der Waals surface area contributed by atoms with Crippen LogP contribution in [0.4, 0.5) is 0 Å². The zero-order chi connectivity index (χ0) is 13.7. The van der Waals surface area contributed by atoms with Gasteiger partial charge in [0.15, 0.2) is 0 Å². The molecule has 106 valence electrons. The number of rotatable bonds is 5. The predicted octanol–water partition coefficient (Wildman–Crippen LogP) is 2.85. The molecule has 1 aliphatic rings. The van der Waals surface area contributed by atoms with Gasteiger partial charge in [0.25, 0.3) is 0 Å². The van der Waals surface area contributed by atoms with Gasteiger partial charge in [-0.3, -0.25) is 0 Å². The summed E-state index contributed by atoms with van der Waals surface area (Å²) in [6.45, 7) is 8.07. The minimum Gasteiger partial charge on any atom is -0.328 e. The van der Waals surface area contributed by atoms with E-state index in [-0.39, 0.29) is 0 Å². The molecule has 0 atom stereocenters. The van der Waals surface area contributed by atoms with Crippen LogP contribution in [-0.2, 0) is 12.8 Å². The Morgan fingerprint density at radius 1 is 1.11 bits per heavy atom. The van der Waals surface area contributed by atoms with E-state index in [1.165, 1.54) is 37.2 Å². The Kier molecular flexibility index (Phi) is 5.41. The van der Waals surface area contributed by atoms with Crippen LogP contribution in [0.15, 0.2) is 24.3 Å². The van der Waals surface area contributed by atoms with Crippen LogP contribution in [0.3, 0.4) is 0 Å². The van der Waals surface area contributed by atoms with Crippen molar-refractivity contribution in [3.05, 3.63) is 35.4 Å². The summed E-state index contributed by atoms with van der Waals surface area (Å²) in [6.07, 6.45) is 4.67. The second-order valence-electron chi connectivity index (χ2n) is 6.34. The monoisotopic (exact) mass is 260 g/mol. The van der Waals surface area contributed by atoms with Gasteiger partial charge in [0.05, 0.1) is 0 Å². The molecular formula is C17H28N2. The van der Waals surface area contributed by atoms with Crippen LogP contribution >= 0.6 is 0 Å². The average molecular weight is 260 g/mol. The summed E-state index contributed by atoms with van der Waals surface area (Å²) in [7, 11) is 0. The summed E-state index contributed by atoms with van der Waals surface area (Å²) in [5, 5.41) is 0. The molecule has 1 fully saturated rings. The molecule has 0 aliphatic carbocycles. The standard InChI is InChI=1S/C17H28N2/c1-14(2)13-16-5-3-15(4-6-16)7-10-19-11-8-17(18)9-12-19/h3-6,14,17H,7-13,18H2,1-2H3. The van der Waals surface area contributed by atoms with Crippen LogP contribution in [0.1, 0.15) is 37.8 Å². The molecule has 0 spiro atoms. The molecule has 0 unspecified atom stereocenters. The van der Waals surface area contributed by atoms with Gasteiger partial charge in [0.2, 0.25) is 0 Å². The van der Waals surface area contributed by atoms with Gasteiger partial charge in [-0.1, -0.05) is 38.1 Å². The lowest BCUT2D eigenvalue weighted by Gasteiger charge is -2.30. The highest BCUT2D eigenvalue weighted by molar-refractivity contribution is 5.23. The van der Waals surface area contributed by atoms with Gasteiger partial charge in [0, 0.05) is 12.6 Å². The van der Waals surface area contributed by atoms with E-state index in [1.807, 2.05) is 0 Å². The summed E-state index contributed by atoms with van der Waals surface area (Å²) >= 11 is 0. The second kappa shape index (κ2) is 7.06. The molecule has 19 heavy (non-hydrogen) atoms. The number of nitrogens with zero attached hydrogens (tertiary/aromatic N) is 1. The second-order valence-corrected chi connectivity index (χ2v) is 6.34. The van der Waals surface area contributed by atoms with E-state index in [0.717, 1.165) is 25.2 Å². The lowest BCUT2D eigenvalue weighted by molar-refractivity contribution is 0.215. The third-order valence-corrected chi connectivity index (χ3v) is 4.02. The van der Waals surface area contributed by atoms with Gasteiger partial charge in [-0.2, -0.15) is 0 Å². The molecule has 1 aliphatic heterocycles. The zero-order valence-corrected chi connectivity index (χ0v) is 12.4. The molecule has 0 aromatic heterocycles. The van der Waals surface area contributed by atoms with E-state index in [4.69, 9.17) is 5.73 Å². The average Bonchev–Trinajstić information content (AvgIpc) is 2.39. The number of benzene rings is 1. The van der Waals surface area contributed by atoms with Crippen molar-refractivity contribution < 1.29 is 0 Å². The fraction of sp³-hybridized carbons (Fsp3) is 0.647. The highest BCUT2D eigenvalue weighted by Gasteiger charge is 2.15. The van der Waals surface area contributed by atoms with Crippen molar-refractivity contribution in [1.29, 1.82) is 0 Å². The number of hydrogen-bond donors (Lipinski definition) is 1. The maximum Gasteiger partial charge on any atom is 0.00631 e. The largest absolute Gasteiger partial charge is 0.328 e. The lowest BCUT2D eigenvalue weighted by Crippen LogP contribution is -2.40. The van der Waals surface area contributed by atoms with Crippen LogP contribution in [0.2, 0.25) is 0 Å². The first-order valence-corrected chi connectivity index (χ1v) is 7.69. The van der Waals surface area contributed by atoms with Crippen molar-refractivity contribution >= 4 is 0 Å². The van der Waals surface area contributed by atoms with Crippen molar-refractivity contribution in [2.45, 2.75) is 45.6 Å². The normalized spacial score (nSPS) is 18.1. The molecular weight excluding hydrogens is 232 g/mol. The summed E-state index contributed by atoms with van der Waals surface area (Å²) in [4.78, 5) is 2.55. The third kappa shape index (κ3) is 4.96. The fourth-order valence-electron chi connectivity index (χ4n) is 2.78. The van der Waals surface area contributed by atoms with Gasteiger partial charge in [-0.25, -0.2) is 0 Å². The molecule has 0 bridgehead atoms. The SMILES string of the molecule is CC(C)Cc1ccc(CCN2CCC(N)CC2)cc1. The first kappa shape index (κ1) is 14.5. The Morgan fingerprint density at radius 3 is 2.26 bits per heavy atom. The van der Waals surface area contributed by atoms with Crippen LogP contribution in [0.5, 0.6) is 0 Å². The van der Waals surface area contributed by atoms with Crippen molar-refractivity contribution in [3.8, 4) is 0 Å². The highest BCUT2D eigenvalue weighted by atomic mass is 15.1. The Hall–Kier alpha value is -0.860. The lowest BCUT2D eigenvalue weighted by atomic mass is 10.0. The van der Waals surface area contributed by atoms with Crippen LogP contribution in [0.25, 0.3) is 0 Å². The molecule has 1 aromatic rings. The van der Waals surface area contributed by atoms with Crippen molar-refractivity contribution in [2.75, 3.05) is 19.6 Å². The van der Waals surface area contributed by atoms with Gasteiger partial charge in [0.1, 0.15) is 0 Å². The molecule has 1 aromatic carbocycles. The number of piperidine rings is 1. The van der Waals surface area contributed by atoms with E-state index in [9.17, 15) is 0 Å². The van der Waals surface area contributed by atoms with E-state index in [1.54, 1.807) is 0 Å². The first-order valence-electron chi connectivity index (χ1n) is 7.69. The molecule has 2 nitrogen and oxygen atoms in total. The van der Waals surface area contributed by atoms with Gasteiger partial charge >= 0.3 is 0 Å². The Morgan fingerprint density at radius 2 is 1.68 bits per heavy atom. The Bertz CT molecular complexity index is 361. The number of nitrogens with two attached hydrogens (primary N) is 1. The molecule has 1 saturated heterocycles. The van der Waals surface area contributed by atoms with Gasteiger partial charge < -0.3 is 10.6 Å². The van der Waals surface area contributed by atoms with E-state index < -0.39 is 0 Å². The molecule has 2 rings (SSSR count). The van der Waals surface area contributed by atoms with Crippen LogP contribution in [0, 0.1) is 5.92 Å². The minimum atomic E-state index is 0.437. The number of hydrogen-bond acceptors (Lipinski definition) is 2. The highest BCUT2D eigenvalue weighted by Crippen LogP contribution is 2.12. The van der Waals surface area contributed by atoms with Gasteiger partial charge in [-0.05, 0) is 55.8 Å². The van der Waals surface area contributed by atoms with Gasteiger partial charge in [-0.15, -0.1) is 0 Å². The van der Waals surface area contributed by atoms with Crippen molar-refractivity contribution in [1.82, 2.24) is 4.90 Å². The number of likely N-dealkylation sites (tertiary alicyclic amines) is 1. The van der Waals surface area contributed by atoms with Crippen LogP contribution in [-0.4, -0.2) is 30.6 Å². The molecule has 0 saturated carbocycles. The summed E-state index contributed by atoms with van der Waals surface area (Å²) < 4.78 is 0. The Balaban J connectivity index is 1.76. The molecule has 0 amide bonds. The maximum absolute atomic E-state index is 5.93. The zero-order valence-electron chi connectivity index (χ0n) is 12.4. The Labute approximate surface area is 118 Å². The molecule has 0 radical (unpaired) electrons. The molecule has 1 heterocycles. The fourth-order valence-corrected chi connectivity index (χ4v) is 2.78. The van der Waals surface area contributed by atoms with Crippen molar-refractivity contribution in [3.63, 3.8) is 0 Å². The quantitative estimate of drug-likeness (QED) is 0.882. The topological polar surface area (TPSA) is 29.3 Å². The predicted molar refractivity (Wildman–Crippen MR) is 82.3 cm³/mol. The summed E-state index contributed by atoms with van der Waals surface area (Å²) in [5.74, 6) is 0.739. The van der Waals surface area contributed by atoms with Crippen molar-refractivity contribution in [2.24, 2.45) is 11.7 Å². The van der Waals surface area contributed by atoms with E-state index >= 15 is 0 Å².